The van der Waals surface area contributed by atoms with Crippen LogP contribution < -0.4 is 10.6 Å². The molecular formula is C27H32N4O2S2. The molecule has 0 saturated heterocycles. The summed E-state index contributed by atoms with van der Waals surface area (Å²) in [5.41, 5.74) is 6.63. The first-order chi connectivity index (χ1) is 16.8. The van der Waals surface area contributed by atoms with E-state index in [0.717, 1.165) is 52.5 Å². The number of nitrogens with one attached hydrogen (secondary N) is 2. The largest absolute Gasteiger partial charge is 0.302 e. The van der Waals surface area contributed by atoms with Crippen LogP contribution in [0.5, 0.6) is 0 Å². The van der Waals surface area contributed by atoms with Crippen LogP contribution in [0.25, 0.3) is 20.4 Å². The van der Waals surface area contributed by atoms with Crippen LogP contribution in [0.3, 0.4) is 0 Å². The SMILES string of the molecule is Cc1cc(C)c2sc(NC(=O)CCCCCCCC(=O)Nc3nc4cc(C)cc(C)c4s3)nc2c1. The van der Waals surface area contributed by atoms with Gasteiger partial charge in [0.1, 0.15) is 0 Å². The van der Waals surface area contributed by atoms with Crippen LogP contribution in [0, 0.1) is 27.7 Å². The topological polar surface area (TPSA) is 84.0 Å². The van der Waals surface area contributed by atoms with Gasteiger partial charge in [0.25, 0.3) is 0 Å². The fourth-order valence-electron chi connectivity index (χ4n) is 4.33. The quantitative estimate of drug-likeness (QED) is 0.218. The molecule has 2 aromatic heterocycles. The number of carbonyl (C=O) groups excluding carboxylic acids is 2. The van der Waals surface area contributed by atoms with Crippen LogP contribution >= 0.6 is 22.7 Å². The van der Waals surface area contributed by atoms with Crippen LogP contribution in [-0.2, 0) is 9.59 Å². The molecule has 0 unspecified atom stereocenters. The number of benzene rings is 2. The van der Waals surface area contributed by atoms with Crippen molar-refractivity contribution in [3.63, 3.8) is 0 Å². The molecule has 4 rings (SSSR count). The van der Waals surface area contributed by atoms with E-state index >= 15 is 0 Å². The molecule has 0 radical (unpaired) electrons. The Labute approximate surface area is 214 Å². The van der Waals surface area contributed by atoms with Gasteiger partial charge >= 0.3 is 0 Å². The lowest BCUT2D eigenvalue weighted by Crippen LogP contribution is -2.11. The number of nitrogens with zero attached hydrogens (tertiary/aromatic N) is 2. The van der Waals surface area contributed by atoms with Crippen molar-refractivity contribution in [3.8, 4) is 0 Å². The summed E-state index contributed by atoms with van der Waals surface area (Å²) in [6, 6.07) is 8.38. The van der Waals surface area contributed by atoms with Gasteiger partial charge in [-0.15, -0.1) is 0 Å². The van der Waals surface area contributed by atoms with E-state index < -0.39 is 0 Å². The van der Waals surface area contributed by atoms with Gasteiger partial charge in [0.2, 0.25) is 11.8 Å². The van der Waals surface area contributed by atoms with Gasteiger partial charge in [-0.05, 0) is 74.9 Å². The van der Waals surface area contributed by atoms with Crippen molar-refractivity contribution < 1.29 is 9.59 Å². The molecule has 184 valence electrons. The number of rotatable bonds is 10. The molecule has 0 aliphatic rings. The second kappa shape index (κ2) is 11.3. The van der Waals surface area contributed by atoms with E-state index in [0.29, 0.717) is 23.1 Å². The number of hydrogen-bond acceptors (Lipinski definition) is 6. The number of unbranched alkanes of at least 4 members (excludes halogenated alkanes) is 4. The second-order valence-corrected chi connectivity index (χ2v) is 11.3. The highest BCUT2D eigenvalue weighted by Crippen LogP contribution is 2.31. The zero-order valence-corrected chi connectivity index (χ0v) is 22.4. The molecule has 2 aromatic carbocycles. The molecule has 0 atom stereocenters. The number of carbonyl (C=O) groups is 2. The van der Waals surface area contributed by atoms with Gasteiger partial charge in [-0.2, -0.15) is 0 Å². The van der Waals surface area contributed by atoms with Gasteiger partial charge < -0.3 is 10.6 Å². The molecule has 2 heterocycles. The summed E-state index contributed by atoms with van der Waals surface area (Å²) in [5, 5.41) is 7.23. The highest BCUT2D eigenvalue weighted by Gasteiger charge is 2.11. The molecule has 0 saturated carbocycles. The smallest absolute Gasteiger partial charge is 0.226 e. The molecule has 2 amide bonds. The Bertz CT molecular complexity index is 1270. The predicted octanol–water partition coefficient (Wildman–Crippen LogP) is 7.45. The number of fused-ring (bicyclic) bond motifs is 2. The van der Waals surface area contributed by atoms with Gasteiger partial charge in [0.15, 0.2) is 10.3 Å². The van der Waals surface area contributed by atoms with Crippen molar-refractivity contribution in [2.75, 3.05) is 10.6 Å². The fraction of sp³-hybridized carbons (Fsp3) is 0.407. The van der Waals surface area contributed by atoms with Crippen LogP contribution in [0.2, 0.25) is 0 Å². The summed E-state index contributed by atoms with van der Waals surface area (Å²) >= 11 is 3.06. The minimum Gasteiger partial charge on any atom is -0.302 e. The minimum atomic E-state index is 0.0130. The van der Waals surface area contributed by atoms with Crippen LogP contribution in [0.4, 0.5) is 10.3 Å². The molecule has 2 N–H and O–H groups in total. The zero-order chi connectivity index (χ0) is 24.9. The number of amides is 2. The van der Waals surface area contributed by atoms with Crippen LogP contribution in [0.15, 0.2) is 24.3 Å². The van der Waals surface area contributed by atoms with Gasteiger partial charge in [0, 0.05) is 12.8 Å². The summed E-state index contributed by atoms with van der Waals surface area (Å²) < 4.78 is 2.26. The first-order valence-corrected chi connectivity index (χ1v) is 13.8. The number of hydrogen-bond donors (Lipinski definition) is 2. The van der Waals surface area contributed by atoms with Crippen molar-refractivity contribution in [2.24, 2.45) is 0 Å². The van der Waals surface area contributed by atoms with Crippen molar-refractivity contribution in [1.29, 1.82) is 0 Å². The van der Waals surface area contributed by atoms with Crippen molar-refractivity contribution >= 4 is 65.2 Å². The molecular weight excluding hydrogens is 476 g/mol. The first kappa shape index (κ1) is 25.3. The summed E-state index contributed by atoms with van der Waals surface area (Å²) in [5.74, 6) is 0.0261. The third-order valence-electron chi connectivity index (χ3n) is 5.94. The molecule has 0 fully saturated rings. The maximum Gasteiger partial charge on any atom is 0.226 e. The maximum absolute atomic E-state index is 12.3. The normalized spacial score (nSPS) is 11.3. The van der Waals surface area contributed by atoms with Crippen molar-refractivity contribution in [1.82, 2.24) is 9.97 Å². The summed E-state index contributed by atoms with van der Waals surface area (Å²) in [4.78, 5) is 33.7. The Morgan fingerprint density at radius 1 is 0.657 bits per heavy atom. The number of aryl methyl sites for hydroxylation is 4. The lowest BCUT2D eigenvalue weighted by atomic mass is 10.1. The molecule has 8 heteroatoms. The average molecular weight is 509 g/mol. The summed E-state index contributed by atoms with van der Waals surface area (Å²) in [6.45, 7) is 8.26. The van der Waals surface area contributed by atoms with Crippen LogP contribution in [-0.4, -0.2) is 21.8 Å². The van der Waals surface area contributed by atoms with E-state index in [-0.39, 0.29) is 11.8 Å². The summed E-state index contributed by atoms with van der Waals surface area (Å²) in [6.07, 6.45) is 5.63. The fourth-order valence-corrected chi connectivity index (χ4v) is 6.19. The number of thiazole rings is 2. The lowest BCUT2D eigenvalue weighted by Gasteiger charge is -2.03. The van der Waals surface area contributed by atoms with Gasteiger partial charge in [0.05, 0.1) is 20.4 Å². The number of anilines is 2. The lowest BCUT2D eigenvalue weighted by molar-refractivity contribution is -0.117. The molecule has 35 heavy (non-hydrogen) atoms. The van der Waals surface area contributed by atoms with E-state index in [1.807, 2.05) is 0 Å². The standard InChI is InChI=1S/C27H32N4O2S2/c1-16-12-18(3)24-20(14-16)28-26(34-24)30-22(32)10-8-6-5-7-9-11-23(33)31-27-29-21-15-17(2)13-19(4)25(21)35-27/h12-15H,5-11H2,1-4H3,(H,28,30,32)(H,29,31,33). The molecule has 0 aliphatic carbocycles. The Kier molecular flexibility index (Phi) is 8.13. The maximum atomic E-state index is 12.3. The zero-order valence-electron chi connectivity index (χ0n) is 20.8. The Morgan fingerprint density at radius 2 is 1.06 bits per heavy atom. The highest BCUT2D eigenvalue weighted by molar-refractivity contribution is 7.22. The molecule has 4 aromatic rings. The van der Waals surface area contributed by atoms with Gasteiger partial charge in [-0.3, -0.25) is 9.59 Å². The van der Waals surface area contributed by atoms with Gasteiger partial charge in [-0.1, -0.05) is 54.1 Å². The van der Waals surface area contributed by atoms with E-state index in [1.165, 1.54) is 44.9 Å². The van der Waals surface area contributed by atoms with E-state index in [4.69, 9.17) is 0 Å². The van der Waals surface area contributed by atoms with E-state index in [1.54, 1.807) is 0 Å². The minimum absolute atomic E-state index is 0.0130. The number of aromatic nitrogens is 2. The van der Waals surface area contributed by atoms with Crippen LogP contribution in [0.1, 0.15) is 67.2 Å². The molecule has 0 spiro atoms. The Hall–Kier alpha value is -2.84. The monoisotopic (exact) mass is 508 g/mol. The van der Waals surface area contributed by atoms with Crippen molar-refractivity contribution in [3.05, 3.63) is 46.5 Å². The molecule has 0 aliphatic heterocycles. The first-order valence-electron chi connectivity index (χ1n) is 12.1. The molecule has 0 bridgehead atoms. The highest BCUT2D eigenvalue weighted by atomic mass is 32.1. The average Bonchev–Trinajstić information content (AvgIpc) is 3.36. The third-order valence-corrected chi connectivity index (χ3v) is 8.18. The van der Waals surface area contributed by atoms with Crippen molar-refractivity contribution in [2.45, 2.75) is 72.6 Å². The van der Waals surface area contributed by atoms with E-state index in [9.17, 15) is 9.59 Å². The predicted molar refractivity (Wildman–Crippen MR) is 148 cm³/mol. The van der Waals surface area contributed by atoms with E-state index in [2.05, 4.69) is 72.6 Å². The summed E-state index contributed by atoms with van der Waals surface area (Å²) in [7, 11) is 0. The second-order valence-electron chi connectivity index (χ2n) is 9.26. The third kappa shape index (κ3) is 6.64. The molecule has 6 nitrogen and oxygen atoms in total. The Balaban J connectivity index is 1.11. The Morgan fingerprint density at radius 3 is 1.49 bits per heavy atom. The van der Waals surface area contributed by atoms with Gasteiger partial charge in [-0.25, -0.2) is 9.97 Å².